The van der Waals surface area contributed by atoms with Crippen LogP contribution in [0.4, 0.5) is 0 Å². The molecule has 0 spiro atoms. The molecule has 2 aromatic rings. The van der Waals surface area contributed by atoms with Gasteiger partial charge in [-0.3, -0.25) is 0 Å². The largest absolute Gasteiger partial charge is 0.380 e. The van der Waals surface area contributed by atoms with Gasteiger partial charge in [-0.25, -0.2) is 0 Å². The van der Waals surface area contributed by atoms with Gasteiger partial charge in [0.1, 0.15) is 5.60 Å². The second kappa shape index (κ2) is 4.23. The summed E-state index contributed by atoms with van der Waals surface area (Å²) in [5.74, 6) is 0. The number of benzene rings is 2. The fourth-order valence-electron chi connectivity index (χ4n) is 2.18. The van der Waals surface area contributed by atoms with E-state index >= 15 is 0 Å². The van der Waals surface area contributed by atoms with E-state index in [1.54, 1.807) is 0 Å². The molecule has 1 saturated heterocycles. The van der Waals surface area contributed by atoms with Gasteiger partial charge in [0, 0.05) is 0 Å². The molecule has 18 heavy (non-hydrogen) atoms. The predicted octanol–water partition coefficient (Wildman–Crippen LogP) is 2.88. The van der Waals surface area contributed by atoms with E-state index in [0.29, 0.717) is 13.2 Å². The average Bonchev–Trinajstić information content (AvgIpc) is 2.37. The van der Waals surface area contributed by atoms with Crippen LogP contribution in [0.25, 0.3) is 11.1 Å². The van der Waals surface area contributed by atoms with Gasteiger partial charge in [0.2, 0.25) is 0 Å². The zero-order valence-electron chi connectivity index (χ0n) is 10.4. The van der Waals surface area contributed by atoms with Gasteiger partial charge in [-0.1, -0.05) is 54.1 Å². The first-order valence-corrected chi connectivity index (χ1v) is 6.15. The van der Waals surface area contributed by atoms with E-state index in [4.69, 9.17) is 4.74 Å². The molecule has 0 aromatic heterocycles. The van der Waals surface area contributed by atoms with Gasteiger partial charge in [0.15, 0.2) is 0 Å². The van der Waals surface area contributed by atoms with Crippen molar-refractivity contribution in [1.29, 1.82) is 0 Å². The van der Waals surface area contributed by atoms with Gasteiger partial charge in [-0.2, -0.15) is 0 Å². The Hall–Kier alpha value is -1.64. The molecule has 3 rings (SSSR count). The Kier molecular flexibility index (Phi) is 2.69. The Balaban J connectivity index is 1.89. The molecule has 1 aliphatic rings. The van der Waals surface area contributed by atoms with Crippen molar-refractivity contribution in [3.8, 4) is 11.1 Å². The molecule has 0 aliphatic carbocycles. The minimum Gasteiger partial charge on any atom is -0.380 e. The Morgan fingerprint density at radius 1 is 0.889 bits per heavy atom. The first-order chi connectivity index (χ1) is 8.67. The Bertz CT molecular complexity index is 536. The summed E-state index contributed by atoms with van der Waals surface area (Å²) in [6.07, 6.45) is 0. The molecule has 0 amide bonds. The molecule has 1 heterocycles. The minimum absolute atomic E-state index is 0.400. The van der Waals surface area contributed by atoms with Gasteiger partial charge in [0.05, 0.1) is 13.2 Å². The van der Waals surface area contributed by atoms with E-state index in [2.05, 4.69) is 43.3 Å². The van der Waals surface area contributed by atoms with Crippen molar-refractivity contribution in [1.82, 2.24) is 0 Å². The molecule has 2 nitrogen and oxygen atoms in total. The van der Waals surface area contributed by atoms with Crippen molar-refractivity contribution in [3.05, 3.63) is 59.7 Å². The van der Waals surface area contributed by atoms with E-state index in [1.807, 2.05) is 12.1 Å². The average molecular weight is 240 g/mol. The highest BCUT2D eigenvalue weighted by atomic mass is 16.5. The molecule has 1 fully saturated rings. The van der Waals surface area contributed by atoms with Gasteiger partial charge < -0.3 is 9.84 Å². The summed E-state index contributed by atoms with van der Waals surface area (Å²) in [5, 5.41) is 10.2. The summed E-state index contributed by atoms with van der Waals surface area (Å²) in [5.41, 5.74) is 3.79. The predicted molar refractivity (Wildman–Crippen MR) is 71.3 cm³/mol. The van der Waals surface area contributed by atoms with Crippen LogP contribution in [-0.4, -0.2) is 18.3 Å². The lowest BCUT2D eigenvalue weighted by Crippen LogP contribution is -2.46. The normalized spacial score (nSPS) is 17.2. The first-order valence-electron chi connectivity index (χ1n) is 6.15. The van der Waals surface area contributed by atoms with Crippen molar-refractivity contribution in [2.24, 2.45) is 0 Å². The van der Waals surface area contributed by atoms with Crippen molar-refractivity contribution in [2.45, 2.75) is 12.5 Å². The summed E-state index contributed by atoms with van der Waals surface area (Å²) in [7, 11) is 0. The molecule has 0 unspecified atom stereocenters. The maximum absolute atomic E-state index is 10.2. The number of ether oxygens (including phenoxy) is 1. The standard InChI is InChI=1S/C16H16O2/c1-12-2-4-13(5-3-12)14-6-8-15(9-7-14)16(17)10-18-11-16/h2-9,17H,10-11H2,1H3. The van der Waals surface area contributed by atoms with E-state index in [-0.39, 0.29) is 0 Å². The van der Waals surface area contributed by atoms with E-state index in [1.165, 1.54) is 16.7 Å². The van der Waals surface area contributed by atoms with Crippen molar-refractivity contribution in [3.63, 3.8) is 0 Å². The lowest BCUT2D eigenvalue weighted by Gasteiger charge is -2.36. The molecule has 0 saturated carbocycles. The van der Waals surface area contributed by atoms with Crippen LogP contribution in [0.5, 0.6) is 0 Å². The molecular weight excluding hydrogens is 224 g/mol. The third kappa shape index (κ3) is 1.94. The summed E-state index contributed by atoms with van der Waals surface area (Å²) < 4.78 is 5.07. The molecular formula is C16H16O2. The highest BCUT2D eigenvalue weighted by Gasteiger charge is 2.37. The topological polar surface area (TPSA) is 29.5 Å². The lowest BCUT2D eigenvalue weighted by atomic mass is 9.90. The highest BCUT2D eigenvalue weighted by Crippen LogP contribution is 2.30. The summed E-state index contributed by atoms with van der Waals surface area (Å²) >= 11 is 0. The quantitative estimate of drug-likeness (QED) is 0.874. The Morgan fingerprint density at radius 2 is 1.39 bits per heavy atom. The smallest absolute Gasteiger partial charge is 0.136 e. The van der Waals surface area contributed by atoms with Gasteiger partial charge >= 0.3 is 0 Å². The highest BCUT2D eigenvalue weighted by molar-refractivity contribution is 5.64. The molecule has 2 heteroatoms. The van der Waals surface area contributed by atoms with Crippen molar-refractivity contribution < 1.29 is 9.84 Å². The number of hydrogen-bond acceptors (Lipinski definition) is 2. The maximum atomic E-state index is 10.2. The fraction of sp³-hybridized carbons (Fsp3) is 0.250. The molecule has 92 valence electrons. The van der Waals surface area contributed by atoms with E-state index < -0.39 is 5.60 Å². The minimum atomic E-state index is -0.772. The Morgan fingerprint density at radius 3 is 1.83 bits per heavy atom. The first kappa shape index (κ1) is 11.5. The second-order valence-corrected chi connectivity index (χ2v) is 4.97. The summed E-state index contributed by atoms with van der Waals surface area (Å²) in [4.78, 5) is 0. The summed E-state index contributed by atoms with van der Waals surface area (Å²) in [6.45, 7) is 2.88. The number of hydrogen-bond donors (Lipinski definition) is 1. The maximum Gasteiger partial charge on any atom is 0.136 e. The van der Waals surface area contributed by atoms with Crippen LogP contribution >= 0.6 is 0 Å². The summed E-state index contributed by atoms with van der Waals surface area (Å²) in [6, 6.07) is 16.5. The molecule has 2 aromatic carbocycles. The number of aliphatic hydroxyl groups is 1. The van der Waals surface area contributed by atoms with Crippen LogP contribution in [-0.2, 0) is 10.3 Å². The molecule has 0 bridgehead atoms. The SMILES string of the molecule is Cc1ccc(-c2ccc(C3(O)COC3)cc2)cc1. The molecule has 0 radical (unpaired) electrons. The van der Waals surface area contributed by atoms with E-state index in [9.17, 15) is 5.11 Å². The number of rotatable bonds is 2. The van der Waals surface area contributed by atoms with Crippen molar-refractivity contribution in [2.75, 3.05) is 13.2 Å². The molecule has 0 atom stereocenters. The zero-order chi connectivity index (χ0) is 12.6. The van der Waals surface area contributed by atoms with Gasteiger partial charge in [-0.05, 0) is 23.6 Å². The monoisotopic (exact) mass is 240 g/mol. The van der Waals surface area contributed by atoms with Crippen LogP contribution in [0.2, 0.25) is 0 Å². The third-order valence-electron chi connectivity index (χ3n) is 3.49. The van der Waals surface area contributed by atoms with Crippen LogP contribution in [0.15, 0.2) is 48.5 Å². The number of aryl methyl sites for hydroxylation is 1. The van der Waals surface area contributed by atoms with Crippen molar-refractivity contribution >= 4 is 0 Å². The van der Waals surface area contributed by atoms with E-state index in [0.717, 1.165) is 5.56 Å². The lowest BCUT2D eigenvalue weighted by molar-refractivity contribution is -0.184. The van der Waals surface area contributed by atoms with Gasteiger partial charge in [0.25, 0.3) is 0 Å². The van der Waals surface area contributed by atoms with Crippen LogP contribution in [0, 0.1) is 6.92 Å². The van der Waals surface area contributed by atoms with Gasteiger partial charge in [-0.15, -0.1) is 0 Å². The molecule has 1 N–H and O–H groups in total. The van der Waals surface area contributed by atoms with Crippen LogP contribution in [0.1, 0.15) is 11.1 Å². The Labute approximate surface area is 107 Å². The van der Waals surface area contributed by atoms with Crippen LogP contribution < -0.4 is 0 Å². The second-order valence-electron chi connectivity index (χ2n) is 4.97. The fourth-order valence-corrected chi connectivity index (χ4v) is 2.18. The zero-order valence-corrected chi connectivity index (χ0v) is 10.4. The third-order valence-corrected chi connectivity index (χ3v) is 3.49. The molecule has 1 aliphatic heterocycles. The van der Waals surface area contributed by atoms with Crippen LogP contribution in [0.3, 0.4) is 0 Å².